The summed E-state index contributed by atoms with van der Waals surface area (Å²) < 4.78 is 5.65. The van der Waals surface area contributed by atoms with Crippen LogP contribution in [0.15, 0.2) is 24.3 Å². The van der Waals surface area contributed by atoms with Crippen LogP contribution in [0.1, 0.15) is 50.0 Å². The van der Waals surface area contributed by atoms with E-state index < -0.39 is 0 Å². The van der Waals surface area contributed by atoms with Crippen LogP contribution in [0.2, 0.25) is 0 Å². The molecule has 0 spiro atoms. The second kappa shape index (κ2) is 7.14. The minimum absolute atomic E-state index is 0.108. The van der Waals surface area contributed by atoms with E-state index in [2.05, 4.69) is 5.32 Å². The highest BCUT2D eigenvalue weighted by molar-refractivity contribution is 5.85. The Morgan fingerprint density at radius 3 is 2.77 bits per heavy atom. The number of fused-ring (bicyclic) bond motifs is 1. The third-order valence-corrected chi connectivity index (χ3v) is 5.08. The summed E-state index contributed by atoms with van der Waals surface area (Å²) in [5, 5.41) is 3.23. The van der Waals surface area contributed by atoms with Crippen LogP contribution in [0, 0.1) is 5.92 Å². The molecule has 1 saturated carbocycles. The van der Waals surface area contributed by atoms with Crippen molar-refractivity contribution in [1.29, 1.82) is 0 Å². The Kier molecular flexibility index (Phi) is 4.98. The fourth-order valence-electron chi connectivity index (χ4n) is 3.80. The number of carbonyl (C=O) groups excluding carboxylic acids is 1. The minimum Gasteiger partial charge on any atom is -0.493 e. The highest BCUT2D eigenvalue weighted by Crippen LogP contribution is 2.34. The number of hydrogen-bond donors (Lipinski definition) is 2. The number of amides is 1. The molecule has 0 radical (unpaired) electrons. The van der Waals surface area contributed by atoms with Crippen molar-refractivity contribution < 1.29 is 9.53 Å². The number of nitrogens with one attached hydrogen (secondary N) is 1. The molecule has 1 amide bonds. The second-order valence-corrected chi connectivity index (χ2v) is 6.48. The highest BCUT2D eigenvalue weighted by Gasteiger charge is 2.31. The Morgan fingerprint density at radius 1 is 1.23 bits per heavy atom. The van der Waals surface area contributed by atoms with Crippen molar-refractivity contribution in [3.8, 4) is 5.75 Å². The Bertz CT molecular complexity index is 512. The van der Waals surface area contributed by atoms with E-state index in [-0.39, 0.29) is 17.9 Å². The van der Waals surface area contributed by atoms with Crippen LogP contribution in [0.25, 0.3) is 0 Å². The van der Waals surface area contributed by atoms with E-state index >= 15 is 0 Å². The summed E-state index contributed by atoms with van der Waals surface area (Å²) in [5.41, 5.74) is 6.94. The van der Waals surface area contributed by atoms with Gasteiger partial charge in [0.1, 0.15) is 5.75 Å². The summed E-state index contributed by atoms with van der Waals surface area (Å²) in [6, 6.07) is 7.97. The lowest BCUT2D eigenvalue weighted by molar-refractivity contribution is -0.124. The summed E-state index contributed by atoms with van der Waals surface area (Å²) in [7, 11) is 0. The summed E-state index contributed by atoms with van der Waals surface area (Å²) in [5.74, 6) is 1.38. The first-order valence-corrected chi connectivity index (χ1v) is 8.51. The van der Waals surface area contributed by atoms with E-state index in [0.29, 0.717) is 19.1 Å². The molecule has 4 nitrogen and oxygen atoms in total. The molecule has 2 aliphatic rings. The van der Waals surface area contributed by atoms with E-state index in [9.17, 15) is 4.79 Å². The molecule has 0 aromatic heterocycles. The molecule has 0 saturated heterocycles. The molecule has 3 N–H and O–H groups in total. The molecule has 0 bridgehead atoms. The molecule has 22 heavy (non-hydrogen) atoms. The van der Waals surface area contributed by atoms with Crippen molar-refractivity contribution in [1.82, 2.24) is 5.32 Å². The zero-order valence-electron chi connectivity index (χ0n) is 13.1. The van der Waals surface area contributed by atoms with Crippen LogP contribution in [0.3, 0.4) is 0 Å². The van der Waals surface area contributed by atoms with Crippen LogP contribution in [0.5, 0.6) is 5.75 Å². The number of para-hydroxylation sites is 1. The lowest BCUT2D eigenvalue weighted by Gasteiger charge is -2.32. The van der Waals surface area contributed by atoms with Crippen LogP contribution < -0.4 is 15.8 Å². The fourth-order valence-corrected chi connectivity index (χ4v) is 3.80. The number of carbonyl (C=O) groups is 1. The SMILES string of the molecule is NCC(NC(=O)C1CCOc2ccccc21)C1CCCCC1. The van der Waals surface area contributed by atoms with Gasteiger partial charge in [0.05, 0.1) is 12.5 Å². The van der Waals surface area contributed by atoms with Gasteiger partial charge in [-0.3, -0.25) is 4.79 Å². The molecule has 1 heterocycles. The first-order chi connectivity index (χ1) is 10.8. The second-order valence-electron chi connectivity index (χ2n) is 6.48. The van der Waals surface area contributed by atoms with E-state index in [4.69, 9.17) is 10.5 Å². The van der Waals surface area contributed by atoms with Gasteiger partial charge < -0.3 is 15.8 Å². The van der Waals surface area contributed by atoms with Gasteiger partial charge in [-0.15, -0.1) is 0 Å². The number of nitrogens with two attached hydrogens (primary N) is 1. The highest BCUT2D eigenvalue weighted by atomic mass is 16.5. The monoisotopic (exact) mass is 302 g/mol. The normalized spacial score (nSPS) is 23.2. The molecule has 2 atom stereocenters. The quantitative estimate of drug-likeness (QED) is 0.898. The van der Waals surface area contributed by atoms with Crippen LogP contribution >= 0.6 is 0 Å². The van der Waals surface area contributed by atoms with Crippen LogP contribution in [-0.4, -0.2) is 25.1 Å². The Morgan fingerprint density at radius 2 is 2.00 bits per heavy atom. The number of ether oxygens (including phenoxy) is 1. The van der Waals surface area contributed by atoms with Crippen molar-refractivity contribution in [2.75, 3.05) is 13.2 Å². The Labute approximate surface area is 132 Å². The topological polar surface area (TPSA) is 64.3 Å². The third-order valence-electron chi connectivity index (χ3n) is 5.08. The third kappa shape index (κ3) is 3.27. The zero-order valence-corrected chi connectivity index (χ0v) is 13.1. The molecule has 1 aliphatic carbocycles. The first-order valence-electron chi connectivity index (χ1n) is 8.51. The van der Waals surface area contributed by atoms with Gasteiger partial charge in [-0.1, -0.05) is 37.5 Å². The smallest absolute Gasteiger partial charge is 0.228 e. The lowest BCUT2D eigenvalue weighted by Crippen LogP contribution is -2.48. The van der Waals surface area contributed by atoms with Gasteiger partial charge in [0.15, 0.2) is 0 Å². The number of hydrogen-bond acceptors (Lipinski definition) is 3. The molecule has 1 aromatic rings. The van der Waals surface area contributed by atoms with E-state index in [1.807, 2.05) is 24.3 Å². The molecule has 1 aromatic carbocycles. The summed E-state index contributed by atoms with van der Waals surface area (Å²) in [6.45, 7) is 1.13. The molecule has 3 rings (SSSR count). The Balaban J connectivity index is 1.68. The first kappa shape index (κ1) is 15.3. The largest absolute Gasteiger partial charge is 0.493 e. The van der Waals surface area contributed by atoms with Gasteiger partial charge in [-0.05, 0) is 31.2 Å². The van der Waals surface area contributed by atoms with E-state index in [1.165, 1.54) is 32.1 Å². The van der Waals surface area contributed by atoms with Crippen molar-refractivity contribution in [2.24, 2.45) is 11.7 Å². The standard InChI is InChI=1S/C18H26N2O2/c19-12-16(13-6-2-1-3-7-13)20-18(21)15-10-11-22-17-9-5-4-8-14(15)17/h4-5,8-9,13,15-16H,1-3,6-7,10-12,19H2,(H,20,21). The van der Waals surface area contributed by atoms with Crippen molar-refractivity contribution in [3.05, 3.63) is 29.8 Å². The maximum Gasteiger partial charge on any atom is 0.228 e. The van der Waals surface area contributed by atoms with Gasteiger partial charge in [0, 0.05) is 18.2 Å². The minimum atomic E-state index is -0.109. The van der Waals surface area contributed by atoms with E-state index in [0.717, 1.165) is 17.7 Å². The maximum absolute atomic E-state index is 12.8. The lowest BCUT2D eigenvalue weighted by atomic mass is 9.83. The van der Waals surface area contributed by atoms with Crippen molar-refractivity contribution >= 4 is 5.91 Å². The van der Waals surface area contributed by atoms with Crippen molar-refractivity contribution in [2.45, 2.75) is 50.5 Å². The molecule has 2 unspecified atom stereocenters. The predicted octanol–water partition coefficient (Wildman–Crippen LogP) is 2.58. The van der Waals surface area contributed by atoms with Gasteiger partial charge in [-0.25, -0.2) is 0 Å². The molecule has 4 heteroatoms. The number of rotatable bonds is 4. The van der Waals surface area contributed by atoms with Crippen molar-refractivity contribution in [3.63, 3.8) is 0 Å². The van der Waals surface area contributed by atoms with Gasteiger partial charge in [-0.2, -0.15) is 0 Å². The van der Waals surface area contributed by atoms with E-state index in [1.54, 1.807) is 0 Å². The summed E-state index contributed by atoms with van der Waals surface area (Å²) in [4.78, 5) is 12.8. The average molecular weight is 302 g/mol. The molecular weight excluding hydrogens is 276 g/mol. The van der Waals surface area contributed by atoms with Gasteiger partial charge >= 0.3 is 0 Å². The molecule has 120 valence electrons. The predicted molar refractivity (Wildman–Crippen MR) is 86.9 cm³/mol. The molecule has 1 aliphatic heterocycles. The summed E-state index contributed by atoms with van der Waals surface area (Å²) >= 11 is 0. The van der Waals surface area contributed by atoms with Crippen LogP contribution in [0.4, 0.5) is 0 Å². The van der Waals surface area contributed by atoms with Gasteiger partial charge in [0.2, 0.25) is 5.91 Å². The molecular formula is C18H26N2O2. The molecule has 1 fully saturated rings. The van der Waals surface area contributed by atoms with Crippen LogP contribution in [-0.2, 0) is 4.79 Å². The summed E-state index contributed by atoms with van der Waals surface area (Å²) in [6.07, 6.45) is 6.95. The Hall–Kier alpha value is -1.55. The maximum atomic E-state index is 12.8. The number of benzene rings is 1. The zero-order chi connectivity index (χ0) is 15.4. The van der Waals surface area contributed by atoms with Gasteiger partial charge in [0.25, 0.3) is 0 Å². The fraction of sp³-hybridized carbons (Fsp3) is 0.611. The average Bonchev–Trinajstić information content (AvgIpc) is 2.59.